The van der Waals surface area contributed by atoms with E-state index >= 15 is 0 Å². The summed E-state index contributed by atoms with van der Waals surface area (Å²) in [6.45, 7) is 5.08. The van der Waals surface area contributed by atoms with Crippen LogP contribution in [0.1, 0.15) is 11.1 Å². The number of hydrogen-bond donors (Lipinski definition) is 0. The molecule has 212 valence electrons. The Kier molecular flexibility index (Phi) is 11.1. The fourth-order valence-electron chi connectivity index (χ4n) is 4.37. The molecule has 0 bridgehead atoms. The molecule has 4 rings (SSSR count). The standard InChI is InChI=1S/C30H36ClN5O3S/c1-34(15-13-24-11-12-25(38-2)26(20-24)39-3)29(37)22-40-30-32-27(31)21-28(33-30)36-18-16-35(17-19-36)14-7-10-23-8-5-4-6-9-23/h4-12,20-21H,13-19,22H2,1-3H3. The molecule has 1 amide bonds. The monoisotopic (exact) mass is 581 g/mol. The number of likely N-dealkylation sites (N-methyl/N-ethyl adjacent to an activating group) is 1. The van der Waals surface area contributed by atoms with E-state index in [0.29, 0.717) is 34.8 Å². The Morgan fingerprint density at radius 1 is 1.02 bits per heavy atom. The summed E-state index contributed by atoms with van der Waals surface area (Å²) >= 11 is 7.65. The lowest BCUT2D eigenvalue weighted by atomic mass is 10.1. The van der Waals surface area contributed by atoms with E-state index < -0.39 is 0 Å². The van der Waals surface area contributed by atoms with Gasteiger partial charge >= 0.3 is 0 Å². The number of halogens is 1. The van der Waals surface area contributed by atoms with E-state index in [9.17, 15) is 4.79 Å². The summed E-state index contributed by atoms with van der Waals surface area (Å²) in [5.74, 6) is 2.42. The molecule has 1 aliphatic rings. The maximum Gasteiger partial charge on any atom is 0.232 e. The van der Waals surface area contributed by atoms with Crippen LogP contribution in [0.5, 0.6) is 11.5 Å². The first-order chi connectivity index (χ1) is 19.4. The number of carbonyl (C=O) groups is 1. The van der Waals surface area contributed by atoms with Crippen molar-refractivity contribution in [3.05, 3.63) is 77.0 Å². The van der Waals surface area contributed by atoms with E-state index in [-0.39, 0.29) is 11.7 Å². The second-order valence-electron chi connectivity index (χ2n) is 9.48. The van der Waals surface area contributed by atoms with Crippen molar-refractivity contribution in [3.63, 3.8) is 0 Å². The molecular weight excluding hydrogens is 546 g/mol. The first-order valence-corrected chi connectivity index (χ1v) is 14.6. The van der Waals surface area contributed by atoms with E-state index in [1.165, 1.54) is 17.3 Å². The van der Waals surface area contributed by atoms with Crippen LogP contribution in [0.4, 0.5) is 5.82 Å². The normalized spacial score (nSPS) is 13.9. The Balaban J connectivity index is 1.24. The van der Waals surface area contributed by atoms with Gasteiger partial charge < -0.3 is 19.3 Å². The third-order valence-electron chi connectivity index (χ3n) is 6.76. The molecule has 8 nitrogen and oxygen atoms in total. The van der Waals surface area contributed by atoms with Crippen LogP contribution in [-0.4, -0.2) is 92.0 Å². The maximum absolute atomic E-state index is 12.8. The van der Waals surface area contributed by atoms with Crippen molar-refractivity contribution in [1.82, 2.24) is 19.8 Å². The van der Waals surface area contributed by atoms with Gasteiger partial charge in [0.1, 0.15) is 11.0 Å². The minimum absolute atomic E-state index is 0.00720. The van der Waals surface area contributed by atoms with Gasteiger partial charge in [0.2, 0.25) is 5.91 Å². The number of hydrogen-bond acceptors (Lipinski definition) is 8. The minimum atomic E-state index is 0.00720. The fraction of sp³-hybridized carbons (Fsp3) is 0.367. The van der Waals surface area contributed by atoms with Crippen LogP contribution in [0.2, 0.25) is 5.15 Å². The largest absolute Gasteiger partial charge is 0.493 e. The van der Waals surface area contributed by atoms with Gasteiger partial charge in [0.25, 0.3) is 0 Å². The molecule has 0 unspecified atom stereocenters. The van der Waals surface area contributed by atoms with Crippen molar-refractivity contribution < 1.29 is 14.3 Å². The zero-order valence-corrected chi connectivity index (χ0v) is 24.8. The van der Waals surface area contributed by atoms with E-state index in [0.717, 1.165) is 44.1 Å². The topological polar surface area (TPSA) is 71.0 Å². The molecule has 1 aliphatic heterocycles. The highest BCUT2D eigenvalue weighted by Crippen LogP contribution is 2.28. The van der Waals surface area contributed by atoms with E-state index in [4.69, 9.17) is 26.1 Å². The number of methoxy groups -OCH3 is 2. The molecular formula is C30H36ClN5O3S. The molecule has 0 aliphatic carbocycles. The van der Waals surface area contributed by atoms with E-state index in [1.807, 2.05) is 43.4 Å². The van der Waals surface area contributed by atoms with Gasteiger partial charge in [-0.3, -0.25) is 9.69 Å². The van der Waals surface area contributed by atoms with Gasteiger partial charge in [0, 0.05) is 52.4 Å². The first kappa shape index (κ1) is 29.7. The highest BCUT2D eigenvalue weighted by Gasteiger charge is 2.19. The molecule has 1 aromatic heterocycles. The number of benzene rings is 2. The predicted molar refractivity (Wildman–Crippen MR) is 163 cm³/mol. The summed E-state index contributed by atoms with van der Waals surface area (Å²) in [4.78, 5) is 28.2. The van der Waals surface area contributed by atoms with E-state index in [1.54, 1.807) is 25.2 Å². The summed E-state index contributed by atoms with van der Waals surface area (Å²) in [6, 6.07) is 17.9. The third kappa shape index (κ3) is 8.61. The number of thioether (sulfide) groups is 1. The van der Waals surface area contributed by atoms with Gasteiger partial charge in [-0.15, -0.1) is 0 Å². The molecule has 2 heterocycles. The molecule has 1 saturated heterocycles. The Labute approximate surface area is 245 Å². The smallest absolute Gasteiger partial charge is 0.232 e. The molecule has 0 atom stereocenters. The molecule has 40 heavy (non-hydrogen) atoms. The minimum Gasteiger partial charge on any atom is -0.493 e. The van der Waals surface area contributed by atoms with Crippen molar-refractivity contribution in [1.29, 1.82) is 0 Å². The van der Waals surface area contributed by atoms with Gasteiger partial charge in [-0.25, -0.2) is 9.97 Å². The van der Waals surface area contributed by atoms with Crippen LogP contribution < -0.4 is 14.4 Å². The molecule has 0 saturated carbocycles. The SMILES string of the molecule is COc1ccc(CCN(C)C(=O)CSc2nc(Cl)cc(N3CCN(CC=Cc4ccccc4)CC3)n2)cc1OC. The Morgan fingerprint density at radius 3 is 2.50 bits per heavy atom. The molecule has 10 heteroatoms. The number of aromatic nitrogens is 2. The average molecular weight is 582 g/mol. The van der Waals surface area contributed by atoms with Gasteiger partial charge in [-0.2, -0.15) is 0 Å². The van der Waals surface area contributed by atoms with Gasteiger partial charge in [-0.05, 0) is 29.7 Å². The predicted octanol–water partition coefficient (Wildman–Crippen LogP) is 4.78. The number of piperazine rings is 1. The molecule has 0 radical (unpaired) electrons. The zero-order valence-electron chi connectivity index (χ0n) is 23.3. The number of rotatable bonds is 12. The van der Waals surface area contributed by atoms with Crippen LogP contribution in [0.3, 0.4) is 0 Å². The molecule has 2 aromatic carbocycles. The van der Waals surface area contributed by atoms with Crippen molar-refractivity contribution in [3.8, 4) is 11.5 Å². The van der Waals surface area contributed by atoms with Gasteiger partial charge in [-0.1, -0.05) is 71.9 Å². The lowest BCUT2D eigenvalue weighted by molar-refractivity contribution is -0.127. The van der Waals surface area contributed by atoms with Crippen LogP contribution in [0.15, 0.2) is 65.8 Å². The second kappa shape index (κ2) is 14.9. The van der Waals surface area contributed by atoms with Crippen molar-refractivity contribution in [2.75, 3.05) is 71.2 Å². The number of amides is 1. The summed E-state index contributed by atoms with van der Waals surface area (Å²) < 4.78 is 10.7. The lowest BCUT2D eigenvalue weighted by Crippen LogP contribution is -2.46. The first-order valence-electron chi connectivity index (χ1n) is 13.3. The summed E-state index contributed by atoms with van der Waals surface area (Å²) in [5.41, 5.74) is 2.28. The molecule has 3 aromatic rings. The van der Waals surface area contributed by atoms with Crippen LogP contribution >= 0.6 is 23.4 Å². The summed E-state index contributed by atoms with van der Waals surface area (Å²) in [7, 11) is 5.04. The zero-order chi connectivity index (χ0) is 28.3. The molecule has 1 fully saturated rings. The van der Waals surface area contributed by atoms with Crippen molar-refractivity contribution in [2.24, 2.45) is 0 Å². The van der Waals surface area contributed by atoms with Crippen LogP contribution in [0, 0.1) is 0 Å². The maximum atomic E-state index is 12.8. The van der Waals surface area contributed by atoms with Crippen LogP contribution in [0.25, 0.3) is 6.08 Å². The van der Waals surface area contributed by atoms with E-state index in [2.05, 4.69) is 39.1 Å². The number of nitrogens with zero attached hydrogens (tertiary/aromatic N) is 5. The highest BCUT2D eigenvalue weighted by molar-refractivity contribution is 7.99. The Morgan fingerprint density at radius 2 is 1.77 bits per heavy atom. The summed E-state index contributed by atoms with van der Waals surface area (Å²) in [5, 5.41) is 0.896. The van der Waals surface area contributed by atoms with Gasteiger partial charge in [0.15, 0.2) is 16.7 Å². The lowest BCUT2D eigenvalue weighted by Gasteiger charge is -2.35. The fourth-order valence-corrected chi connectivity index (χ4v) is 5.39. The second-order valence-corrected chi connectivity index (χ2v) is 10.8. The average Bonchev–Trinajstić information content (AvgIpc) is 2.99. The van der Waals surface area contributed by atoms with Crippen LogP contribution in [-0.2, 0) is 11.2 Å². The number of ether oxygens (including phenoxy) is 2. The number of anilines is 1. The third-order valence-corrected chi connectivity index (χ3v) is 7.79. The molecule has 0 N–H and O–H groups in total. The quantitative estimate of drug-likeness (QED) is 0.172. The van der Waals surface area contributed by atoms with Gasteiger partial charge in [0.05, 0.1) is 20.0 Å². The van der Waals surface area contributed by atoms with Crippen molar-refractivity contribution >= 4 is 41.2 Å². The Bertz CT molecular complexity index is 1290. The van der Waals surface area contributed by atoms with Crippen molar-refractivity contribution in [2.45, 2.75) is 11.6 Å². The Hall–Kier alpha value is -3.27. The highest BCUT2D eigenvalue weighted by atomic mass is 35.5. The summed E-state index contributed by atoms with van der Waals surface area (Å²) in [6.07, 6.45) is 5.08. The number of carbonyl (C=O) groups excluding carboxylic acids is 1. The molecule has 0 spiro atoms.